The number of nitrogens with zero attached hydrogens (tertiary/aromatic N) is 4. The van der Waals surface area contributed by atoms with Crippen LogP contribution in [0.3, 0.4) is 0 Å². The Hall–Kier alpha value is -3.30. The molecule has 1 saturated heterocycles. The standard InChI is InChI=1S/C22H25N5O4/c28-22(19-15-18-3-1-4-20(27(29)30)21(18)24-19)26(16-17-5-7-23-8-6-17)10-2-9-25-11-13-31-14-12-25/h1,3-8,15,24H,2,9-14,16H2. The van der Waals surface area contributed by atoms with Crippen molar-refractivity contribution >= 4 is 22.5 Å². The second-order valence-electron chi connectivity index (χ2n) is 7.57. The first-order chi connectivity index (χ1) is 15.1. The van der Waals surface area contributed by atoms with E-state index in [1.54, 1.807) is 35.5 Å². The van der Waals surface area contributed by atoms with E-state index < -0.39 is 4.92 Å². The number of hydrogen-bond donors (Lipinski definition) is 1. The number of H-pyrrole nitrogens is 1. The summed E-state index contributed by atoms with van der Waals surface area (Å²) in [6.07, 6.45) is 4.24. The lowest BCUT2D eigenvalue weighted by Gasteiger charge is -2.28. The summed E-state index contributed by atoms with van der Waals surface area (Å²) in [6, 6.07) is 10.3. The molecule has 9 nitrogen and oxygen atoms in total. The van der Waals surface area contributed by atoms with Gasteiger partial charge in [-0.1, -0.05) is 12.1 Å². The van der Waals surface area contributed by atoms with Gasteiger partial charge in [0.05, 0.1) is 18.1 Å². The Morgan fingerprint density at radius 1 is 1.23 bits per heavy atom. The number of nitro groups is 1. The molecule has 0 saturated carbocycles. The summed E-state index contributed by atoms with van der Waals surface area (Å²) in [5.74, 6) is -0.177. The molecule has 0 aliphatic carbocycles. The zero-order valence-electron chi connectivity index (χ0n) is 17.2. The van der Waals surface area contributed by atoms with Crippen LogP contribution in [-0.2, 0) is 11.3 Å². The number of carbonyl (C=O) groups is 1. The summed E-state index contributed by atoms with van der Waals surface area (Å²) in [5.41, 5.74) is 1.67. The van der Waals surface area contributed by atoms with Gasteiger partial charge in [-0.05, 0) is 30.2 Å². The number of aromatic nitrogens is 2. The van der Waals surface area contributed by atoms with E-state index in [2.05, 4.69) is 14.9 Å². The Kier molecular flexibility index (Phi) is 6.54. The molecule has 1 N–H and O–H groups in total. The van der Waals surface area contributed by atoms with Gasteiger partial charge >= 0.3 is 0 Å². The molecular weight excluding hydrogens is 398 g/mol. The maximum Gasteiger partial charge on any atom is 0.293 e. The highest BCUT2D eigenvalue weighted by Crippen LogP contribution is 2.26. The number of rotatable bonds is 8. The number of amides is 1. The monoisotopic (exact) mass is 423 g/mol. The lowest BCUT2D eigenvalue weighted by molar-refractivity contribution is -0.383. The van der Waals surface area contributed by atoms with Gasteiger partial charge < -0.3 is 14.6 Å². The summed E-state index contributed by atoms with van der Waals surface area (Å²) in [5, 5.41) is 12.0. The van der Waals surface area contributed by atoms with Crippen LogP contribution in [0.25, 0.3) is 10.9 Å². The van der Waals surface area contributed by atoms with Crippen LogP contribution in [0.15, 0.2) is 48.8 Å². The average Bonchev–Trinajstić information content (AvgIpc) is 3.23. The highest BCUT2D eigenvalue weighted by atomic mass is 16.6. The minimum atomic E-state index is -0.440. The Labute approximate surface area is 179 Å². The van der Waals surface area contributed by atoms with Gasteiger partial charge in [0, 0.05) is 56.6 Å². The predicted molar refractivity (Wildman–Crippen MR) is 116 cm³/mol. The first kappa shape index (κ1) is 21.0. The number of para-hydroxylation sites is 1. The van der Waals surface area contributed by atoms with Crippen LogP contribution in [0.2, 0.25) is 0 Å². The van der Waals surface area contributed by atoms with Gasteiger partial charge in [0.1, 0.15) is 11.2 Å². The van der Waals surface area contributed by atoms with Gasteiger partial charge in [-0.15, -0.1) is 0 Å². The molecule has 0 bridgehead atoms. The summed E-state index contributed by atoms with van der Waals surface area (Å²) >= 11 is 0. The molecule has 1 aromatic carbocycles. The predicted octanol–water partition coefficient (Wildman–Crippen LogP) is 2.84. The second-order valence-corrected chi connectivity index (χ2v) is 7.57. The third kappa shape index (κ3) is 5.07. The number of nitrogens with one attached hydrogen (secondary N) is 1. The van der Waals surface area contributed by atoms with Crippen LogP contribution < -0.4 is 0 Å². The average molecular weight is 423 g/mol. The largest absolute Gasteiger partial charge is 0.379 e. The molecule has 0 radical (unpaired) electrons. The van der Waals surface area contributed by atoms with Crippen LogP contribution in [0.4, 0.5) is 5.69 Å². The summed E-state index contributed by atoms with van der Waals surface area (Å²) in [6.45, 7) is 5.22. The number of hydrogen-bond acceptors (Lipinski definition) is 6. The maximum atomic E-state index is 13.4. The van der Waals surface area contributed by atoms with Gasteiger partial charge in [0.15, 0.2) is 0 Å². The van der Waals surface area contributed by atoms with E-state index in [1.165, 1.54) is 6.07 Å². The van der Waals surface area contributed by atoms with Crippen LogP contribution in [0.5, 0.6) is 0 Å². The highest BCUT2D eigenvalue weighted by molar-refractivity contribution is 6.00. The molecule has 9 heteroatoms. The van der Waals surface area contributed by atoms with Gasteiger partial charge in [-0.2, -0.15) is 0 Å². The number of benzene rings is 1. The van der Waals surface area contributed by atoms with E-state index in [0.717, 1.165) is 44.8 Å². The Morgan fingerprint density at radius 3 is 2.74 bits per heavy atom. The van der Waals surface area contributed by atoms with Gasteiger partial charge in [0.2, 0.25) is 0 Å². The van der Waals surface area contributed by atoms with E-state index in [0.29, 0.717) is 29.7 Å². The highest BCUT2D eigenvalue weighted by Gasteiger charge is 2.22. The van der Waals surface area contributed by atoms with Gasteiger partial charge in [0.25, 0.3) is 11.6 Å². The maximum absolute atomic E-state index is 13.4. The van der Waals surface area contributed by atoms with Crippen LogP contribution in [-0.4, -0.2) is 70.0 Å². The molecule has 1 aliphatic heterocycles. The number of ether oxygens (including phenoxy) is 1. The fourth-order valence-corrected chi connectivity index (χ4v) is 3.85. The van der Waals surface area contributed by atoms with Crippen LogP contribution >= 0.6 is 0 Å². The van der Waals surface area contributed by atoms with E-state index in [1.807, 2.05) is 12.1 Å². The molecule has 162 valence electrons. The van der Waals surface area contributed by atoms with E-state index in [-0.39, 0.29) is 11.6 Å². The summed E-state index contributed by atoms with van der Waals surface area (Å²) in [7, 11) is 0. The number of aromatic amines is 1. The van der Waals surface area contributed by atoms with Crippen molar-refractivity contribution in [2.75, 3.05) is 39.4 Å². The Balaban J connectivity index is 1.53. The summed E-state index contributed by atoms with van der Waals surface area (Å²) < 4.78 is 5.39. The number of fused-ring (bicyclic) bond motifs is 1. The number of nitro benzene ring substituents is 1. The van der Waals surface area contributed by atoms with Crippen molar-refractivity contribution in [1.82, 2.24) is 19.8 Å². The fraction of sp³-hybridized carbons (Fsp3) is 0.364. The number of pyridine rings is 1. The number of carbonyl (C=O) groups excluding carboxylic acids is 1. The van der Waals surface area contributed by atoms with Crippen molar-refractivity contribution in [3.05, 3.63) is 70.2 Å². The van der Waals surface area contributed by atoms with Crippen LogP contribution in [0.1, 0.15) is 22.5 Å². The molecule has 31 heavy (non-hydrogen) atoms. The molecule has 1 fully saturated rings. The van der Waals surface area contributed by atoms with Crippen molar-refractivity contribution in [3.63, 3.8) is 0 Å². The van der Waals surface area contributed by atoms with E-state index >= 15 is 0 Å². The molecule has 0 atom stereocenters. The molecule has 3 heterocycles. The third-order valence-corrected chi connectivity index (χ3v) is 5.48. The molecule has 0 unspecified atom stereocenters. The van der Waals surface area contributed by atoms with Gasteiger partial charge in [-0.25, -0.2) is 0 Å². The smallest absolute Gasteiger partial charge is 0.293 e. The first-order valence-corrected chi connectivity index (χ1v) is 10.4. The van der Waals surface area contributed by atoms with Crippen molar-refractivity contribution in [1.29, 1.82) is 0 Å². The summed E-state index contributed by atoms with van der Waals surface area (Å²) in [4.78, 5) is 35.4. The van der Waals surface area contributed by atoms with Crippen molar-refractivity contribution in [2.45, 2.75) is 13.0 Å². The second kappa shape index (κ2) is 9.67. The molecule has 0 spiro atoms. The quantitative estimate of drug-likeness (QED) is 0.441. The SMILES string of the molecule is O=C(c1cc2cccc([N+](=O)[O-])c2[nH]1)N(CCCN1CCOCC1)Cc1ccncc1. The molecule has 1 amide bonds. The Bertz CT molecular complexity index is 1050. The zero-order chi connectivity index (χ0) is 21.6. The van der Waals surface area contributed by atoms with Crippen molar-refractivity contribution in [2.24, 2.45) is 0 Å². The minimum absolute atomic E-state index is 0.0375. The first-order valence-electron chi connectivity index (χ1n) is 10.4. The number of morpholine rings is 1. The van der Waals surface area contributed by atoms with Crippen LogP contribution in [0, 0.1) is 10.1 Å². The lowest BCUT2D eigenvalue weighted by Crippen LogP contribution is -2.39. The molecule has 1 aliphatic rings. The minimum Gasteiger partial charge on any atom is -0.379 e. The molecular formula is C22H25N5O4. The normalized spacial score (nSPS) is 14.6. The van der Waals surface area contributed by atoms with Crippen molar-refractivity contribution in [3.8, 4) is 0 Å². The number of non-ortho nitro benzene ring substituents is 1. The Morgan fingerprint density at radius 2 is 2.00 bits per heavy atom. The van der Waals surface area contributed by atoms with Gasteiger partial charge in [-0.3, -0.25) is 24.8 Å². The third-order valence-electron chi connectivity index (χ3n) is 5.48. The van der Waals surface area contributed by atoms with E-state index in [9.17, 15) is 14.9 Å². The lowest BCUT2D eigenvalue weighted by atomic mass is 10.2. The molecule has 3 aromatic rings. The zero-order valence-corrected chi connectivity index (χ0v) is 17.2. The molecule has 2 aromatic heterocycles. The molecule has 4 rings (SSSR count). The van der Waals surface area contributed by atoms with E-state index in [4.69, 9.17) is 4.74 Å². The topological polar surface area (TPSA) is 105 Å². The fourth-order valence-electron chi connectivity index (χ4n) is 3.85. The van der Waals surface area contributed by atoms with Crippen molar-refractivity contribution < 1.29 is 14.5 Å².